The number of pyridine rings is 1. The number of allylic oxidation sites excluding steroid dienone is 5. The lowest BCUT2D eigenvalue weighted by Crippen LogP contribution is -2.42. The highest BCUT2D eigenvalue weighted by Crippen LogP contribution is 2.35. The smallest absolute Gasteiger partial charge is 0.253 e. The van der Waals surface area contributed by atoms with Gasteiger partial charge in [-0.25, -0.2) is 0 Å². The Morgan fingerprint density at radius 1 is 0.978 bits per heavy atom. The second-order valence-electron chi connectivity index (χ2n) is 13.3. The Kier molecular flexibility index (Phi) is 10.9. The highest BCUT2D eigenvalue weighted by Gasteiger charge is 2.27. The molecule has 242 valence electrons. The van der Waals surface area contributed by atoms with Crippen LogP contribution in [0.5, 0.6) is 0 Å². The first-order valence-corrected chi connectivity index (χ1v) is 16.1. The maximum atomic E-state index is 13.9. The second kappa shape index (κ2) is 14.5. The Morgan fingerprint density at radius 2 is 1.67 bits per heavy atom. The zero-order valence-corrected chi connectivity index (χ0v) is 28.6. The summed E-state index contributed by atoms with van der Waals surface area (Å²) in [5, 5.41) is 6.12. The minimum Gasteiger partial charge on any atom is -0.371 e. The minimum absolute atomic E-state index is 0.0194. The van der Waals surface area contributed by atoms with Crippen LogP contribution in [-0.2, 0) is 11.3 Å². The van der Waals surface area contributed by atoms with E-state index in [4.69, 9.17) is 0 Å². The second-order valence-corrected chi connectivity index (χ2v) is 13.3. The molecular weight excluding hydrogens is 562 g/mol. The number of amides is 2. The van der Waals surface area contributed by atoms with E-state index in [0.717, 1.165) is 65.9 Å². The lowest BCUT2D eigenvalue weighted by molar-refractivity contribution is -0.119. The average Bonchev–Trinajstić information content (AvgIpc) is 3.10. The molecule has 0 saturated heterocycles. The molecule has 0 aliphatic heterocycles. The number of benzene rings is 1. The van der Waals surface area contributed by atoms with Crippen molar-refractivity contribution in [3.8, 4) is 0 Å². The van der Waals surface area contributed by atoms with E-state index in [-0.39, 0.29) is 30.0 Å². The van der Waals surface area contributed by atoms with Gasteiger partial charge >= 0.3 is 0 Å². The molecule has 2 amide bonds. The van der Waals surface area contributed by atoms with Gasteiger partial charge in [0.05, 0.1) is 0 Å². The Hall–Kier alpha value is -3.91. The maximum Gasteiger partial charge on any atom is 0.253 e. The summed E-state index contributed by atoms with van der Waals surface area (Å²) in [5.74, 6) is 0.127. The molecule has 45 heavy (non-hydrogen) atoms. The third-order valence-electron chi connectivity index (χ3n) is 9.51. The largest absolute Gasteiger partial charge is 0.371 e. The molecule has 0 spiro atoms. The molecule has 1 fully saturated rings. The van der Waals surface area contributed by atoms with Gasteiger partial charge in [0.15, 0.2) is 0 Å². The number of aromatic amines is 1. The van der Waals surface area contributed by atoms with E-state index in [1.165, 1.54) is 11.1 Å². The van der Waals surface area contributed by atoms with Crippen LogP contribution in [0.1, 0.15) is 84.8 Å². The van der Waals surface area contributed by atoms with E-state index < -0.39 is 0 Å². The van der Waals surface area contributed by atoms with Gasteiger partial charge in [-0.15, -0.1) is 0 Å². The van der Waals surface area contributed by atoms with Crippen molar-refractivity contribution in [2.45, 2.75) is 85.9 Å². The van der Waals surface area contributed by atoms with Gasteiger partial charge in [-0.05, 0) is 119 Å². The number of aryl methyl sites for hydroxylation is 2. The predicted molar refractivity (Wildman–Crippen MR) is 185 cm³/mol. The number of anilines is 1. The van der Waals surface area contributed by atoms with Gasteiger partial charge in [0.1, 0.15) is 0 Å². The summed E-state index contributed by atoms with van der Waals surface area (Å²) in [6.45, 7) is 12.8. The molecule has 0 radical (unpaired) electrons. The molecule has 2 aliphatic rings. The van der Waals surface area contributed by atoms with Crippen molar-refractivity contribution in [3.63, 3.8) is 0 Å². The monoisotopic (exact) mass is 613 g/mol. The fourth-order valence-electron chi connectivity index (χ4n) is 6.71. The topological polar surface area (TPSA) is 97.5 Å². The highest BCUT2D eigenvalue weighted by atomic mass is 16.2. The zero-order valence-electron chi connectivity index (χ0n) is 28.6. The summed E-state index contributed by atoms with van der Waals surface area (Å²) in [7, 11) is 6.29. The molecule has 1 aromatic heterocycles. The van der Waals surface area contributed by atoms with Gasteiger partial charge in [-0.2, -0.15) is 0 Å². The van der Waals surface area contributed by atoms with Gasteiger partial charge in [-0.1, -0.05) is 30.7 Å². The molecule has 2 aliphatic carbocycles. The number of hydrogen-bond donors (Lipinski definition) is 3. The van der Waals surface area contributed by atoms with Crippen molar-refractivity contribution in [1.29, 1.82) is 0 Å². The van der Waals surface area contributed by atoms with E-state index in [1.54, 1.807) is 6.92 Å². The number of H-pyrrole nitrogens is 1. The number of nitrogens with one attached hydrogen (secondary N) is 3. The average molecular weight is 614 g/mol. The quantitative estimate of drug-likeness (QED) is 0.343. The van der Waals surface area contributed by atoms with E-state index in [0.29, 0.717) is 23.1 Å². The van der Waals surface area contributed by atoms with E-state index in [1.807, 2.05) is 32.9 Å². The molecule has 1 unspecified atom stereocenters. The molecular formula is C37H51N5O3. The van der Waals surface area contributed by atoms with Crippen LogP contribution in [-0.4, -0.2) is 61.5 Å². The lowest BCUT2D eigenvalue weighted by atomic mass is 9.89. The molecule has 2 aromatic rings. The fraction of sp³-hybridized carbons (Fsp3) is 0.486. The Bertz CT molecular complexity index is 1590. The van der Waals surface area contributed by atoms with Crippen molar-refractivity contribution >= 4 is 23.1 Å². The number of carbonyl (C=O) groups excluding carboxylic acids is 2. The van der Waals surface area contributed by atoms with Crippen LogP contribution in [0.2, 0.25) is 0 Å². The first-order chi connectivity index (χ1) is 21.2. The molecule has 8 heteroatoms. The number of hydrogen-bond acceptors (Lipinski definition) is 5. The van der Waals surface area contributed by atoms with E-state index in [2.05, 4.69) is 84.7 Å². The van der Waals surface area contributed by atoms with Crippen molar-refractivity contribution in [3.05, 3.63) is 91.4 Å². The molecule has 8 nitrogen and oxygen atoms in total. The van der Waals surface area contributed by atoms with Gasteiger partial charge < -0.3 is 25.4 Å². The summed E-state index contributed by atoms with van der Waals surface area (Å²) < 4.78 is 0. The zero-order chi connectivity index (χ0) is 33.0. The molecule has 3 N–H and O–H groups in total. The normalized spacial score (nSPS) is 20.1. The van der Waals surface area contributed by atoms with Crippen LogP contribution >= 0.6 is 0 Å². The third-order valence-corrected chi connectivity index (χ3v) is 9.51. The van der Waals surface area contributed by atoms with Crippen molar-refractivity contribution < 1.29 is 9.59 Å². The van der Waals surface area contributed by atoms with E-state index >= 15 is 0 Å². The van der Waals surface area contributed by atoms with Crippen LogP contribution in [0.4, 0.5) is 5.69 Å². The molecule has 0 bridgehead atoms. The van der Waals surface area contributed by atoms with Gasteiger partial charge in [-0.3, -0.25) is 14.4 Å². The summed E-state index contributed by atoms with van der Waals surface area (Å²) in [6, 6.07) is 6.64. The first-order valence-electron chi connectivity index (χ1n) is 16.1. The lowest BCUT2D eigenvalue weighted by Gasteiger charge is -2.37. The number of rotatable bonds is 9. The first kappa shape index (κ1) is 34.0. The molecule has 1 aromatic carbocycles. The number of carbonyl (C=O) groups is 2. The Labute approximate surface area is 268 Å². The minimum atomic E-state index is -0.204. The standard InChI is InChI=1S/C37H51N5O3/c1-22-17-28(10-11-29(25(22)4)21-41(7)8)30-18-33(36(44)38-20-34-23(2)16-24(3)39-37(34)45)26(5)35(19-30)42(9)32-14-12-31(13-15-32)40-27(6)43/h10-11,16-19,25,31-32H,12-15,20-21H2,1-9H3,(H,38,44)(H,39,45)(H,40,43). The van der Waals surface area contributed by atoms with Crippen LogP contribution in [0.3, 0.4) is 0 Å². The Morgan fingerprint density at radius 3 is 2.29 bits per heavy atom. The predicted octanol–water partition coefficient (Wildman–Crippen LogP) is 5.58. The highest BCUT2D eigenvalue weighted by molar-refractivity contribution is 5.99. The maximum absolute atomic E-state index is 13.9. The molecule has 1 saturated carbocycles. The summed E-state index contributed by atoms with van der Waals surface area (Å²) in [4.78, 5) is 45.5. The number of aromatic nitrogens is 1. The van der Waals surface area contributed by atoms with E-state index in [9.17, 15) is 14.4 Å². The number of likely N-dealkylation sites (N-methyl/N-ethyl adjacent to an activating group) is 1. The van der Waals surface area contributed by atoms with Crippen LogP contribution in [0.25, 0.3) is 5.57 Å². The van der Waals surface area contributed by atoms with Gasteiger partial charge in [0.2, 0.25) is 5.91 Å². The molecule has 1 atom stereocenters. The fourth-order valence-corrected chi connectivity index (χ4v) is 6.71. The van der Waals surface area contributed by atoms with Crippen LogP contribution in [0.15, 0.2) is 52.4 Å². The number of nitrogens with zero attached hydrogens (tertiary/aromatic N) is 2. The molecule has 4 rings (SSSR count). The summed E-state index contributed by atoms with van der Waals surface area (Å²) >= 11 is 0. The van der Waals surface area contributed by atoms with Gasteiger partial charge in [0.25, 0.3) is 11.5 Å². The van der Waals surface area contributed by atoms with Crippen molar-refractivity contribution in [1.82, 2.24) is 20.5 Å². The summed E-state index contributed by atoms with van der Waals surface area (Å²) in [5.41, 5.74) is 9.25. The SMILES string of the molecule is CC(=O)NC1CCC(N(C)c2cc(C3=CC=C(CN(C)C)C(C)C(C)=C3)cc(C(=O)NCc3c(C)cc(C)[nH]c3=O)c2C)CC1. The third kappa shape index (κ3) is 8.23. The Balaban J connectivity index is 1.73. The van der Waals surface area contributed by atoms with Crippen molar-refractivity contribution in [2.75, 3.05) is 32.6 Å². The van der Waals surface area contributed by atoms with Crippen LogP contribution < -0.4 is 21.1 Å². The summed E-state index contributed by atoms with van der Waals surface area (Å²) in [6.07, 6.45) is 10.4. The van der Waals surface area contributed by atoms with Gasteiger partial charge in [0, 0.05) is 61.7 Å². The van der Waals surface area contributed by atoms with Crippen molar-refractivity contribution in [2.24, 2.45) is 5.92 Å². The molecule has 1 heterocycles. The van der Waals surface area contributed by atoms with Crippen LogP contribution in [0, 0.1) is 26.7 Å².